The third-order valence-corrected chi connectivity index (χ3v) is 4.63. The first-order chi connectivity index (χ1) is 12.1. The van der Waals surface area contributed by atoms with E-state index in [2.05, 4.69) is 21.9 Å². The van der Waals surface area contributed by atoms with Crippen LogP contribution in [0.1, 0.15) is 12.5 Å². The first-order valence-electron chi connectivity index (χ1n) is 7.98. The Bertz CT molecular complexity index is 757. The summed E-state index contributed by atoms with van der Waals surface area (Å²) in [5.74, 6) is 1.50. The summed E-state index contributed by atoms with van der Waals surface area (Å²) < 4.78 is 13.5. The van der Waals surface area contributed by atoms with Gasteiger partial charge in [-0.25, -0.2) is 4.68 Å². The lowest BCUT2D eigenvalue weighted by molar-refractivity contribution is 0.245. The number of rotatable bonds is 10. The van der Waals surface area contributed by atoms with Crippen molar-refractivity contribution >= 4 is 28.7 Å². The van der Waals surface area contributed by atoms with Gasteiger partial charge in [0.15, 0.2) is 15.5 Å². The summed E-state index contributed by atoms with van der Waals surface area (Å²) in [6, 6.07) is 5.98. The predicted octanol–water partition coefficient (Wildman–Crippen LogP) is 3.77. The molecule has 0 aliphatic rings. The molecule has 1 aromatic carbocycles. The van der Waals surface area contributed by atoms with Gasteiger partial charge in [-0.15, -0.1) is 11.7 Å². The van der Waals surface area contributed by atoms with Crippen molar-refractivity contribution in [3.8, 4) is 11.5 Å². The van der Waals surface area contributed by atoms with E-state index < -0.39 is 0 Å². The van der Waals surface area contributed by atoms with Gasteiger partial charge in [-0.05, 0) is 43.9 Å². The van der Waals surface area contributed by atoms with E-state index in [1.54, 1.807) is 13.2 Å². The number of benzene rings is 1. The summed E-state index contributed by atoms with van der Waals surface area (Å²) in [6.45, 7) is 8.28. The van der Waals surface area contributed by atoms with Gasteiger partial charge in [-0.3, -0.25) is 4.90 Å². The van der Waals surface area contributed by atoms with E-state index in [-0.39, 0.29) is 0 Å². The van der Waals surface area contributed by atoms with E-state index in [0.717, 1.165) is 32.7 Å². The minimum atomic E-state index is 0.611. The van der Waals surface area contributed by atoms with Crippen LogP contribution < -0.4 is 14.8 Å². The summed E-state index contributed by atoms with van der Waals surface area (Å²) in [7, 11) is 3.68. The van der Waals surface area contributed by atoms with Gasteiger partial charge in [-0.1, -0.05) is 23.5 Å². The molecule has 1 N–H and O–H groups in total. The Morgan fingerprint density at radius 3 is 2.92 bits per heavy atom. The van der Waals surface area contributed by atoms with E-state index in [9.17, 15) is 0 Å². The van der Waals surface area contributed by atoms with Gasteiger partial charge in [0.25, 0.3) is 0 Å². The summed E-state index contributed by atoms with van der Waals surface area (Å²) in [6.07, 6.45) is 1.79. The van der Waals surface area contributed by atoms with Gasteiger partial charge < -0.3 is 14.8 Å². The molecule has 1 aromatic heterocycles. The fourth-order valence-electron chi connectivity index (χ4n) is 2.30. The van der Waals surface area contributed by atoms with Gasteiger partial charge >= 0.3 is 0 Å². The van der Waals surface area contributed by atoms with Crippen molar-refractivity contribution < 1.29 is 9.47 Å². The van der Waals surface area contributed by atoms with Crippen LogP contribution in [0, 0.1) is 3.95 Å². The topological polar surface area (TPSA) is 51.6 Å². The third-order valence-electron chi connectivity index (χ3n) is 3.36. The number of anilines is 1. The molecule has 0 saturated heterocycles. The fourth-order valence-corrected chi connectivity index (χ4v) is 3.30. The van der Waals surface area contributed by atoms with E-state index >= 15 is 0 Å². The second-order valence-corrected chi connectivity index (χ2v) is 7.04. The van der Waals surface area contributed by atoms with E-state index in [4.69, 9.17) is 21.7 Å². The van der Waals surface area contributed by atoms with Gasteiger partial charge in [0.2, 0.25) is 5.13 Å². The van der Waals surface area contributed by atoms with Crippen molar-refractivity contribution in [1.29, 1.82) is 0 Å². The maximum Gasteiger partial charge on any atom is 0.204 e. The number of hydrogen-bond acceptors (Lipinski definition) is 7. The Morgan fingerprint density at radius 1 is 1.44 bits per heavy atom. The maximum absolute atomic E-state index is 5.56. The zero-order valence-electron chi connectivity index (χ0n) is 14.8. The molecule has 2 aromatic rings. The molecular formula is C17H24N4O2S2. The highest BCUT2D eigenvalue weighted by Gasteiger charge is 2.09. The van der Waals surface area contributed by atoms with Crippen LogP contribution in [-0.2, 0) is 13.2 Å². The van der Waals surface area contributed by atoms with Crippen molar-refractivity contribution in [2.24, 2.45) is 0 Å². The Kier molecular flexibility index (Phi) is 7.42. The standard InChI is InChI=1S/C17H24N4O2S2/c1-5-9-18-16-19-21(17(24)25-16)12-20(3)11-13-7-8-14(23-6-2)15(10-13)22-4/h5,7-8,10H,1,6,9,11-12H2,2-4H3,(H,18,19). The van der Waals surface area contributed by atoms with Crippen molar-refractivity contribution in [3.63, 3.8) is 0 Å². The average molecular weight is 381 g/mol. The molecule has 25 heavy (non-hydrogen) atoms. The number of hydrogen-bond donors (Lipinski definition) is 1. The van der Waals surface area contributed by atoms with Crippen molar-refractivity contribution in [3.05, 3.63) is 40.4 Å². The van der Waals surface area contributed by atoms with Gasteiger partial charge in [0, 0.05) is 13.1 Å². The molecule has 0 aliphatic carbocycles. The molecule has 0 spiro atoms. The summed E-state index contributed by atoms with van der Waals surface area (Å²) in [4.78, 5) is 2.14. The van der Waals surface area contributed by atoms with Crippen LogP contribution in [0.5, 0.6) is 11.5 Å². The van der Waals surface area contributed by atoms with Gasteiger partial charge in [-0.2, -0.15) is 0 Å². The molecule has 8 heteroatoms. The van der Waals surface area contributed by atoms with E-state index in [1.165, 1.54) is 11.3 Å². The number of nitrogens with zero attached hydrogens (tertiary/aromatic N) is 3. The molecule has 136 valence electrons. The molecule has 0 unspecified atom stereocenters. The Hall–Kier alpha value is -1.90. The number of ether oxygens (including phenoxy) is 2. The smallest absolute Gasteiger partial charge is 0.204 e. The van der Waals surface area contributed by atoms with Crippen LogP contribution >= 0.6 is 23.6 Å². The van der Waals surface area contributed by atoms with Crippen molar-refractivity contribution in [2.75, 3.05) is 32.6 Å². The van der Waals surface area contributed by atoms with Crippen LogP contribution in [0.25, 0.3) is 0 Å². The number of aromatic nitrogens is 2. The SMILES string of the molecule is C=CCNc1nn(CN(C)Cc2ccc(OCC)c(OC)c2)c(=S)s1. The van der Waals surface area contributed by atoms with Crippen LogP contribution in [0.4, 0.5) is 5.13 Å². The van der Waals surface area contributed by atoms with Crippen LogP contribution in [0.2, 0.25) is 0 Å². The predicted molar refractivity (Wildman–Crippen MR) is 105 cm³/mol. The Balaban J connectivity index is 2.02. The van der Waals surface area contributed by atoms with Gasteiger partial charge in [0.1, 0.15) is 0 Å². The lowest BCUT2D eigenvalue weighted by atomic mass is 10.2. The molecule has 0 saturated carbocycles. The Morgan fingerprint density at radius 2 is 2.24 bits per heavy atom. The summed E-state index contributed by atoms with van der Waals surface area (Å²) >= 11 is 6.84. The third kappa shape index (κ3) is 5.55. The Labute approximate surface area is 157 Å². The highest BCUT2D eigenvalue weighted by atomic mass is 32.1. The second-order valence-electron chi connectivity index (χ2n) is 5.42. The molecule has 0 radical (unpaired) electrons. The normalized spacial score (nSPS) is 10.7. The molecular weight excluding hydrogens is 356 g/mol. The highest BCUT2D eigenvalue weighted by molar-refractivity contribution is 7.73. The van der Waals surface area contributed by atoms with E-state index in [1.807, 2.05) is 36.9 Å². The molecule has 0 bridgehead atoms. The lowest BCUT2D eigenvalue weighted by Crippen LogP contribution is -2.22. The molecule has 6 nitrogen and oxygen atoms in total. The van der Waals surface area contributed by atoms with Crippen LogP contribution in [0.3, 0.4) is 0 Å². The molecule has 0 amide bonds. The zero-order chi connectivity index (χ0) is 18.2. The molecule has 0 aliphatic heterocycles. The molecule has 0 fully saturated rings. The van der Waals surface area contributed by atoms with E-state index in [0.29, 0.717) is 19.8 Å². The largest absolute Gasteiger partial charge is 0.493 e. The minimum Gasteiger partial charge on any atom is -0.493 e. The number of methoxy groups -OCH3 is 1. The van der Waals surface area contributed by atoms with Crippen molar-refractivity contribution in [1.82, 2.24) is 14.7 Å². The minimum absolute atomic E-state index is 0.611. The fraction of sp³-hybridized carbons (Fsp3) is 0.412. The van der Waals surface area contributed by atoms with Gasteiger partial charge in [0.05, 0.1) is 20.4 Å². The number of nitrogens with one attached hydrogen (secondary N) is 1. The monoisotopic (exact) mass is 380 g/mol. The summed E-state index contributed by atoms with van der Waals surface area (Å²) in [5.41, 5.74) is 1.13. The molecule has 2 rings (SSSR count). The summed E-state index contributed by atoms with van der Waals surface area (Å²) in [5, 5.41) is 8.46. The molecule has 0 atom stereocenters. The first-order valence-corrected chi connectivity index (χ1v) is 9.20. The maximum atomic E-state index is 5.56. The van der Waals surface area contributed by atoms with Crippen molar-refractivity contribution in [2.45, 2.75) is 20.1 Å². The second kappa shape index (κ2) is 9.55. The molecule has 1 heterocycles. The van der Waals surface area contributed by atoms with Crippen LogP contribution in [-0.4, -0.2) is 42.0 Å². The quantitative estimate of drug-likeness (QED) is 0.500. The average Bonchev–Trinajstić information content (AvgIpc) is 2.94. The highest BCUT2D eigenvalue weighted by Crippen LogP contribution is 2.28. The first kappa shape index (κ1) is 19.4. The zero-order valence-corrected chi connectivity index (χ0v) is 16.5. The lowest BCUT2D eigenvalue weighted by Gasteiger charge is -2.18. The van der Waals surface area contributed by atoms with Crippen LogP contribution in [0.15, 0.2) is 30.9 Å².